The molecule has 1 unspecified atom stereocenters. The van der Waals surface area contributed by atoms with Crippen molar-refractivity contribution in [3.63, 3.8) is 0 Å². The Kier molecular flexibility index (Phi) is 4.30. The third-order valence-corrected chi connectivity index (χ3v) is 3.64. The number of esters is 1. The molecule has 1 atom stereocenters. The van der Waals surface area contributed by atoms with Crippen molar-refractivity contribution in [3.8, 4) is 0 Å². The largest absolute Gasteiger partial charge is 0.464 e. The van der Waals surface area contributed by atoms with Gasteiger partial charge in [-0.05, 0) is 43.9 Å². The summed E-state index contributed by atoms with van der Waals surface area (Å²) in [5.41, 5.74) is 9.11. The van der Waals surface area contributed by atoms with Crippen LogP contribution in [0, 0.1) is 0 Å². The van der Waals surface area contributed by atoms with Crippen molar-refractivity contribution in [2.45, 2.75) is 39.2 Å². The summed E-state index contributed by atoms with van der Waals surface area (Å²) in [5, 5.41) is 0. The number of anilines is 2. The first-order valence-corrected chi connectivity index (χ1v) is 6.99. The molecule has 2 N–H and O–H groups in total. The van der Waals surface area contributed by atoms with Crippen molar-refractivity contribution in [1.82, 2.24) is 0 Å². The Morgan fingerprint density at radius 3 is 2.95 bits per heavy atom. The first kappa shape index (κ1) is 13.7. The quantitative estimate of drug-likeness (QED) is 0.668. The van der Waals surface area contributed by atoms with E-state index in [4.69, 9.17) is 10.5 Å². The van der Waals surface area contributed by atoms with Crippen LogP contribution in [0.1, 0.15) is 32.3 Å². The summed E-state index contributed by atoms with van der Waals surface area (Å²) in [7, 11) is 0. The van der Waals surface area contributed by atoms with Crippen LogP contribution in [0.25, 0.3) is 0 Å². The monoisotopic (exact) mass is 262 g/mol. The van der Waals surface area contributed by atoms with Crippen LogP contribution in [-0.2, 0) is 16.0 Å². The third kappa shape index (κ3) is 2.67. The fourth-order valence-electron chi connectivity index (χ4n) is 2.76. The summed E-state index contributed by atoms with van der Waals surface area (Å²) in [4.78, 5) is 14.2. The fourth-order valence-corrected chi connectivity index (χ4v) is 2.76. The van der Waals surface area contributed by atoms with Gasteiger partial charge in [0.1, 0.15) is 6.04 Å². The van der Waals surface area contributed by atoms with Gasteiger partial charge in [-0.2, -0.15) is 0 Å². The molecule has 0 radical (unpaired) electrons. The Balaban J connectivity index is 2.31. The van der Waals surface area contributed by atoms with Gasteiger partial charge in [0.25, 0.3) is 0 Å². The Labute approximate surface area is 114 Å². The van der Waals surface area contributed by atoms with Crippen molar-refractivity contribution >= 4 is 17.3 Å². The number of benzene rings is 1. The Morgan fingerprint density at radius 2 is 2.26 bits per heavy atom. The van der Waals surface area contributed by atoms with E-state index in [1.54, 1.807) is 0 Å². The molecular weight excluding hydrogens is 240 g/mol. The second-order valence-corrected chi connectivity index (χ2v) is 4.82. The molecule has 104 valence electrons. The van der Waals surface area contributed by atoms with Gasteiger partial charge in [0.2, 0.25) is 0 Å². The second-order valence-electron chi connectivity index (χ2n) is 4.82. The fraction of sp³-hybridized carbons (Fsp3) is 0.533. The molecular formula is C15H22N2O2. The maximum atomic E-state index is 12.1. The van der Waals surface area contributed by atoms with Crippen LogP contribution >= 0.6 is 0 Å². The van der Waals surface area contributed by atoms with Crippen LogP contribution in [0.3, 0.4) is 0 Å². The van der Waals surface area contributed by atoms with Crippen molar-refractivity contribution in [3.05, 3.63) is 23.8 Å². The highest BCUT2D eigenvalue weighted by atomic mass is 16.5. The molecule has 0 spiro atoms. The minimum atomic E-state index is -0.208. The minimum absolute atomic E-state index is 0.139. The van der Waals surface area contributed by atoms with Crippen LogP contribution in [0.2, 0.25) is 0 Å². The van der Waals surface area contributed by atoms with E-state index in [-0.39, 0.29) is 12.0 Å². The summed E-state index contributed by atoms with van der Waals surface area (Å²) in [5.74, 6) is -0.139. The van der Waals surface area contributed by atoms with Crippen molar-refractivity contribution in [2.75, 3.05) is 23.8 Å². The predicted octanol–water partition coefficient (Wildman–Crippen LogP) is 2.36. The zero-order valence-electron chi connectivity index (χ0n) is 11.7. The standard InChI is InChI=1S/C15H22N2O2/c1-3-13(15(18)19-4-2)17-10-6-7-11-12(16)8-5-9-14(11)17/h5,8-9,13H,3-4,6-7,10,16H2,1-2H3. The maximum Gasteiger partial charge on any atom is 0.328 e. The lowest BCUT2D eigenvalue weighted by atomic mass is 9.97. The van der Waals surface area contributed by atoms with Gasteiger partial charge < -0.3 is 15.4 Å². The molecule has 0 saturated carbocycles. The van der Waals surface area contributed by atoms with E-state index in [0.29, 0.717) is 6.61 Å². The smallest absolute Gasteiger partial charge is 0.328 e. The van der Waals surface area contributed by atoms with E-state index in [2.05, 4.69) is 4.90 Å². The van der Waals surface area contributed by atoms with Crippen molar-refractivity contribution < 1.29 is 9.53 Å². The number of nitrogens with zero attached hydrogens (tertiary/aromatic N) is 1. The molecule has 1 aromatic carbocycles. The van der Waals surface area contributed by atoms with Gasteiger partial charge in [-0.15, -0.1) is 0 Å². The topological polar surface area (TPSA) is 55.6 Å². The molecule has 1 aliphatic heterocycles. The van der Waals surface area contributed by atoms with E-state index in [1.165, 1.54) is 0 Å². The highest BCUT2D eigenvalue weighted by molar-refractivity contribution is 5.81. The molecule has 0 aromatic heterocycles. The van der Waals surface area contributed by atoms with E-state index in [0.717, 1.165) is 42.7 Å². The molecule has 2 rings (SSSR count). The number of rotatable bonds is 4. The zero-order valence-corrected chi connectivity index (χ0v) is 11.7. The minimum Gasteiger partial charge on any atom is -0.464 e. The predicted molar refractivity (Wildman–Crippen MR) is 77.2 cm³/mol. The van der Waals surface area contributed by atoms with Gasteiger partial charge in [0.15, 0.2) is 0 Å². The first-order chi connectivity index (χ1) is 9.19. The summed E-state index contributed by atoms with van der Waals surface area (Å²) in [6, 6.07) is 5.71. The second kappa shape index (κ2) is 5.95. The molecule has 0 amide bonds. The van der Waals surface area contributed by atoms with Crippen LogP contribution < -0.4 is 10.6 Å². The third-order valence-electron chi connectivity index (χ3n) is 3.64. The summed E-state index contributed by atoms with van der Waals surface area (Å²) in [6.45, 7) is 5.16. The molecule has 0 fully saturated rings. The van der Waals surface area contributed by atoms with Gasteiger partial charge in [-0.3, -0.25) is 0 Å². The molecule has 19 heavy (non-hydrogen) atoms. The van der Waals surface area contributed by atoms with E-state index >= 15 is 0 Å². The van der Waals surface area contributed by atoms with Gasteiger partial charge in [-0.1, -0.05) is 13.0 Å². The van der Waals surface area contributed by atoms with E-state index in [1.807, 2.05) is 32.0 Å². The number of hydrogen-bond donors (Lipinski definition) is 1. The van der Waals surface area contributed by atoms with Gasteiger partial charge in [0, 0.05) is 17.9 Å². The van der Waals surface area contributed by atoms with E-state index in [9.17, 15) is 4.79 Å². The van der Waals surface area contributed by atoms with Crippen LogP contribution in [-0.4, -0.2) is 25.2 Å². The number of carbonyl (C=O) groups excluding carboxylic acids is 1. The van der Waals surface area contributed by atoms with Gasteiger partial charge in [0.05, 0.1) is 6.61 Å². The molecule has 0 saturated heterocycles. The lowest BCUT2D eigenvalue weighted by Crippen LogP contribution is -2.44. The molecule has 1 aromatic rings. The summed E-state index contributed by atoms with van der Waals surface area (Å²) < 4.78 is 5.18. The van der Waals surface area contributed by atoms with Crippen LogP contribution in [0.5, 0.6) is 0 Å². The number of hydrogen-bond acceptors (Lipinski definition) is 4. The zero-order chi connectivity index (χ0) is 13.8. The van der Waals surface area contributed by atoms with Crippen molar-refractivity contribution in [1.29, 1.82) is 0 Å². The lowest BCUT2D eigenvalue weighted by molar-refractivity contribution is -0.144. The van der Waals surface area contributed by atoms with Crippen molar-refractivity contribution in [2.24, 2.45) is 0 Å². The molecule has 1 aliphatic rings. The van der Waals surface area contributed by atoms with Gasteiger partial charge in [-0.25, -0.2) is 4.79 Å². The highest BCUT2D eigenvalue weighted by Gasteiger charge is 2.29. The summed E-state index contributed by atoms with van der Waals surface area (Å²) in [6.07, 6.45) is 2.75. The lowest BCUT2D eigenvalue weighted by Gasteiger charge is -2.36. The molecule has 1 heterocycles. The number of nitrogens with two attached hydrogens (primary N) is 1. The number of nitrogen functional groups attached to an aromatic ring is 1. The maximum absolute atomic E-state index is 12.1. The average Bonchev–Trinajstić information content (AvgIpc) is 2.41. The van der Waals surface area contributed by atoms with Crippen LogP contribution in [0.15, 0.2) is 18.2 Å². The Morgan fingerprint density at radius 1 is 1.47 bits per heavy atom. The van der Waals surface area contributed by atoms with Crippen LogP contribution in [0.4, 0.5) is 11.4 Å². The average molecular weight is 262 g/mol. The summed E-state index contributed by atoms with van der Waals surface area (Å²) >= 11 is 0. The Bertz CT molecular complexity index is 459. The SMILES string of the molecule is CCOC(=O)C(CC)N1CCCc2c(N)cccc21. The Hall–Kier alpha value is -1.71. The van der Waals surface area contributed by atoms with E-state index < -0.39 is 0 Å². The van der Waals surface area contributed by atoms with Gasteiger partial charge >= 0.3 is 5.97 Å². The number of carbonyl (C=O) groups is 1. The molecule has 0 aliphatic carbocycles. The molecule has 0 bridgehead atoms. The first-order valence-electron chi connectivity index (χ1n) is 6.99. The molecule has 4 nitrogen and oxygen atoms in total. The normalized spacial score (nSPS) is 15.8. The number of ether oxygens (including phenoxy) is 1. The number of fused-ring (bicyclic) bond motifs is 1. The highest BCUT2D eigenvalue weighted by Crippen LogP contribution is 2.33. The molecule has 4 heteroatoms.